The molecule has 106 valence electrons. The largest absolute Gasteiger partial charge is 0.336 e. The van der Waals surface area contributed by atoms with Crippen LogP contribution in [0.5, 0.6) is 0 Å². The quantitative estimate of drug-likeness (QED) is 0.857. The van der Waals surface area contributed by atoms with Gasteiger partial charge in [0.25, 0.3) is 5.91 Å². The van der Waals surface area contributed by atoms with Crippen LogP contribution in [-0.4, -0.2) is 48.4 Å². The van der Waals surface area contributed by atoms with Crippen molar-refractivity contribution in [3.8, 4) is 0 Å². The molecule has 2 rings (SSSR count). The number of carbonyl (C=O) groups excluding carboxylic acids is 1. The van der Waals surface area contributed by atoms with E-state index in [1.165, 1.54) is 6.42 Å². The molecule has 0 bridgehead atoms. The molecule has 1 aliphatic rings. The highest BCUT2D eigenvalue weighted by Gasteiger charge is 2.21. The standard InChI is InChI=1S/C14H19ClN2O.ClH/c1-2-7-16-8-10-17(11-9-16)14(18)12-3-5-13(15)6-4-12;/h3-6H,2,7-11H2,1H3;1H. The lowest BCUT2D eigenvalue weighted by Crippen LogP contribution is -2.48. The summed E-state index contributed by atoms with van der Waals surface area (Å²) in [6.45, 7) is 6.91. The third-order valence-corrected chi connectivity index (χ3v) is 3.54. The molecule has 0 saturated carbocycles. The lowest BCUT2D eigenvalue weighted by atomic mass is 10.2. The Hall–Kier alpha value is -0.770. The number of carbonyl (C=O) groups is 1. The van der Waals surface area contributed by atoms with Crippen molar-refractivity contribution in [1.29, 1.82) is 0 Å². The van der Waals surface area contributed by atoms with E-state index < -0.39 is 0 Å². The summed E-state index contributed by atoms with van der Waals surface area (Å²) >= 11 is 5.82. The molecule has 19 heavy (non-hydrogen) atoms. The smallest absolute Gasteiger partial charge is 0.253 e. The van der Waals surface area contributed by atoms with E-state index in [4.69, 9.17) is 11.6 Å². The van der Waals surface area contributed by atoms with Crippen molar-refractivity contribution < 1.29 is 4.79 Å². The average molecular weight is 303 g/mol. The Morgan fingerprint density at radius 2 is 1.74 bits per heavy atom. The Kier molecular flexibility index (Phi) is 6.63. The zero-order valence-electron chi connectivity index (χ0n) is 11.1. The molecule has 1 aliphatic heterocycles. The van der Waals surface area contributed by atoms with Crippen molar-refractivity contribution in [2.45, 2.75) is 13.3 Å². The molecule has 1 aromatic rings. The zero-order chi connectivity index (χ0) is 13.0. The van der Waals surface area contributed by atoms with Gasteiger partial charge in [-0.25, -0.2) is 0 Å². The first-order chi connectivity index (χ1) is 8.70. The van der Waals surface area contributed by atoms with Gasteiger partial charge in [0.15, 0.2) is 0 Å². The van der Waals surface area contributed by atoms with Crippen LogP contribution in [0.3, 0.4) is 0 Å². The molecule has 0 radical (unpaired) electrons. The summed E-state index contributed by atoms with van der Waals surface area (Å²) in [5.41, 5.74) is 0.725. The molecule has 1 fully saturated rings. The SMILES string of the molecule is CCCN1CCN(C(=O)c2ccc(Cl)cc2)CC1.Cl. The molecule has 0 aromatic heterocycles. The number of nitrogens with zero attached hydrogens (tertiary/aromatic N) is 2. The molecule has 5 heteroatoms. The van der Waals surface area contributed by atoms with Crippen LogP contribution in [0.4, 0.5) is 0 Å². The predicted molar refractivity (Wildman–Crippen MR) is 81.3 cm³/mol. The van der Waals surface area contributed by atoms with E-state index in [0.29, 0.717) is 5.02 Å². The van der Waals surface area contributed by atoms with Crippen molar-refractivity contribution in [2.24, 2.45) is 0 Å². The topological polar surface area (TPSA) is 23.6 Å². The minimum absolute atomic E-state index is 0. The summed E-state index contributed by atoms with van der Waals surface area (Å²) in [6, 6.07) is 7.12. The van der Waals surface area contributed by atoms with Gasteiger partial charge in [0, 0.05) is 36.8 Å². The van der Waals surface area contributed by atoms with Gasteiger partial charge in [-0.2, -0.15) is 0 Å². The van der Waals surface area contributed by atoms with Gasteiger partial charge in [-0.05, 0) is 37.2 Å². The molecule has 0 spiro atoms. The number of piperazine rings is 1. The summed E-state index contributed by atoms with van der Waals surface area (Å²) < 4.78 is 0. The molecular weight excluding hydrogens is 283 g/mol. The Morgan fingerprint density at radius 1 is 1.16 bits per heavy atom. The normalized spacial score (nSPS) is 16.0. The van der Waals surface area contributed by atoms with Crippen LogP contribution in [0, 0.1) is 0 Å². The molecule has 1 aromatic carbocycles. The maximum absolute atomic E-state index is 12.2. The van der Waals surface area contributed by atoms with Gasteiger partial charge in [0.1, 0.15) is 0 Å². The van der Waals surface area contributed by atoms with Crippen LogP contribution in [0.25, 0.3) is 0 Å². The number of amides is 1. The van der Waals surface area contributed by atoms with Gasteiger partial charge < -0.3 is 4.90 Å². The van der Waals surface area contributed by atoms with Crippen LogP contribution >= 0.6 is 24.0 Å². The monoisotopic (exact) mass is 302 g/mol. The zero-order valence-corrected chi connectivity index (χ0v) is 12.7. The lowest BCUT2D eigenvalue weighted by molar-refractivity contribution is 0.0637. The Bertz CT molecular complexity index is 400. The average Bonchev–Trinajstić information content (AvgIpc) is 2.40. The van der Waals surface area contributed by atoms with Crippen LogP contribution < -0.4 is 0 Å². The summed E-state index contributed by atoms with van der Waals surface area (Å²) in [4.78, 5) is 16.6. The van der Waals surface area contributed by atoms with Crippen molar-refractivity contribution in [3.63, 3.8) is 0 Å². The third-order valence-electron chi connectivity index (χ3n) is 3.29. The van der Waals surface area contributed by atoms with Gasteiger partial charge in [0.05, 0.1) is 0 Å². The molecule has 0 N–H and O–H groups in total. The summed E-state index contributed by atoms with van der Waals surface area (Å²) in [5.74, 6) is 0.114. The second-order valence-corrected chi connectivity index (χ2v) is 5.08. The van der Waals surface area contributed by atoms with Crippen molar-refractivity contribution in [1.82, 2.24) is 9.80 Å². The molecule has 0 unspecified atom stereocenters. The van der Waals surface area contributed by atoms with E-state index in [0.717, 1.165) is 38.3 Å². The fourth-order valence-corrected chi connectivity index (χ4v) is 2.39. The van der Waals surface area contributed by atoms with Crippen molar-refractivity contribution in [3.05, 3.63) is 34.9 Å². The number of benzene rings is 1. The lowest BCUT2D eigenvalue weighted by Gasteiger charge is -2.34. The van der Waals surface area contributed by atoms with Gasteiger partial charge in [0.2, 0.25) is 0 Å². The van der Waals surface area contributed by atoms with Crippen molar-refractivity contribution in [2.75, 3.05) is 32.7 Å². The highest BCUT2D eigenvalue weighted by atomic mass is 35.5. The first-order valence-corrected chi connectivity index (χ1v) is 6.85. The number of hydrogen-bond donors (Lipinski definition) is 0. The van der Waals surface area contributed by atoms with E-state index in [2.05, 4.69) is 11.8 Å². The van der Waals surface area contributed by atoms with E-state index >= 15 is 0 Å². The van der Waals surface area contributed by atoms with Crippen LogP contribution in [-0.2, 0) is 0 Å². The highest BCUT2D eigenvalue weighted by Crippen LogP contribution is 2.13. The van der Waals surface area contributed by atoms with Crippen LogP contribution in [0.2, 0.25) is 5.02 Å². The molecule has 1 saturated heterocycles. The van der Waals surface area contributed by atoms with E-state index in [-0.39, 0.29) is 18.3 Å². The number of hydrogen-bond acceptors (Lipinski definition) is 2. The maximum Gasteiger partial charge on any atom is 0.253 e. The van der Waals surface area contributed by atoms with E-state index in [9.17, 15) is 4.79 Å². The first kappa shape index (κ1) is 16.3. The summed E-state index contributed by atoms with van der Waals surface area (Å²) in [6.07, 6.45) is 1.17. The molecule has 0 aliphatic carbocycles. The minimum Gasteiger partial charge on any atom is -0.336 e. The fourth-order valence-electron chi connectivity index (χ4n) is 2.27. The molecule has 0 atom stereocenters. The molecule has 3 nitrogen and oxygen atoms in total. The van der Waals surface area contributed by atoms with E-state index in [1.807, 2.05) is 4.90 Å². The Balaban J connectivity index is 0.00000180. The predicted octanol–water partition coefficient (Wildman–Crippen LogP) is 2.93. The Morgan fingerprint density at radius 3 is 2.26 bits per heavy atom. The second-order valence-electron chi connectivity index (χ2n) is 4.64. The second kappa shape index (κ2) is 7.73. The van der Waals surface area contributed by atoms with Gasteiger partial charge in [-0.3, -0.25) is 9.69 Å². The third kappa shape index (κ3) is 4.37. The molecular formula is C14H20Cl2N2O. The maximum atomic E-state index is 12.2. The number of rotatable bonds is 3. The van der Waals surface area contributed by atoms with Crippen LogP contribution in [0.1, 0.15) is 23.7 Å². The number of halogens is 2. The molecule has 1 amide bonds. The minimum atomic E-state index is 0. The summed E-state index contributed by atoms with van der Waals surface area (Å²) in [7, 11) is 0. The van der Waals surface area contributed by atoms with Crippen molar-refractivity contribution >= 4 is 29.9 Å². The Labute approximate surface area is 125 Å². The fraction of sp³-hybridized carbons (Fsp3) is 0.500. The summed E-state index contributed by atoms with van der Waals surface area (Å²) in [5, 5.41) is 0.666. The first-order valence-electron chi connectivity index (χ1n) is 6.48. The van der Waals surface area contributed by atoms with Gasteiger partial charge in [-0.15, -0.1) is 12.4 Å². The van der Waals surface area contributed by atoms with E-state index in [1.54, 1.807) is 24.3 Å². The molecule has 1 heterocycles. The van der Waals surface area contributed by atoms with Gasteiger partial charge in [-0.1, -0.05) is 18.5 Å². The van der Waals surface area contributed by atoms with Crippen LogP contribution in [0.15, 0.2) is 24.3 Å². The highest BCUT2D eigenvalue weighted by molar-refractivity contribution is 6.30. The van der Waals surface area contributed by atoms with Gasteiger partial charge >= 0.3 is 0 Å².